The second kappa shape index (κ2) is 8.13. The van der Waals surface area contributed by atoms with E-state index >= 15 is 0 Å². The van der Waals surface area contributed by atoms with Crippen LogP contribution in [0, 0.1) is 5.82 Å². The number of rotatable bonds is 6. The largest absolute Gasteiger partial charge is 0.370 e. The van der Waals surface area contributed by atoms with E-state index in [0.717, 1.165) is 0 Å². The third-order valence-corrected chi connectivity index (χ3v) is 3.96. The monoisotopic (exact) mass is 368 g/mol. The summed E-state index contributed by atoms with van der Waals surface area (Å²) in [5, 5.41) is 0.852. The van der Waals surface area contributed by atoms with Crippen molar-refractivity contribution in [2.45, 2.75) is 12.8 Å². The molecule has 0 saturated heterocycles. The van der Waals surface area contributed by atoms with Gasteiger partial charge in [-0.2, -0.15) is 0 Å². The summed E-state index contributed by atoms with van der Waals surface area (Å²) in [7, 11) is 0. The summed E-state index contributed by atoms with van der Waals surface area (Å²) in [6.45, 7) is 0.102. The van der Waals surface area contributed by atoms with Gasteiger partial charge in [0.2, 0.25) is 11.8 Å². The summed E-state index contributed by atoms with van der Waals surface area (Å²) < 4.78 is 13.1. The SMILES string of the molecule is NC(=O)CCN(C(=O)Cc1ccc(Cl)cc1Cl)c1ccc(F)cc1. The van der Waals surface area contributed by atoms with Crippen molar-refractivity contribution in [3.05, 3.63) is 63.9 Å². The van der Waals surface area contributed by atoms with Crippen molar-refractivity contribution in [3.8, 4) is 0 Å². The Labute approximate surface area is 149 Å². The fourth-order valence-electron chi connectivity index (χ4n) is 2.16. The van der Waals surface area contributed by atoms with Crippen LogP contribution >= 0.6 is 23.2 Å². The zero-order chi connectivity index (χ0) is 17.7. The van der Waals surface area contributed by atoms with Gasteiger partial charge in [0.05, 0.1) is 6.42 Å². The molecule has 0 aliphatic carbocycles. The molecule has 2 aromatic carbocycles. The summed E-state index contributed by atoms with van der Waals surface area (Å²) >= 11 is 11.9. The van der Waals surface area contributed by atoms with E-state index in [4.69, 9.17) is 28.9 Å². The predicted molar refractivity (Wildman–Crippen MR) is 92.7 cm³/mol. The molecular formula is C17H15Cl2FN2O2. The van der Waals surface area contributed by atoms with Gasteiger partial charge in [0.1, 0.15) is 5.82 Å². The first-order valence-electron chi connectivity index (χ1n) is 7.15. The van der Waals surface area contributed by atoms with E-state index in [1.54, 1.807) is 18.2 Å². The Morgan fingerprint density at radius 2 is 1.75 bits per heavy atom. The molecule has 2 aromatic rings. The Balaban J connectivity index is 2.23. The molecule has 0 aliphatic heterocycles. The Bertz CT molecular complexity index is 751. The minimum absolute atomic E-state index is 0.00251. The maximum absolute atomic E-state index is 13.1. The molecule has 2 rings (SSSR count). The van der Waals surface area contributed by atoms with Gasteiger partial charge in [0.15, 0.2) is 0 Å². The lowest BCUT2D eigenvalue weighted by atomic mass is 10.1. The minimum Gasteiger partial charge on any atom is -0.370 e. The second-order valence-electron chi connectivity index (χ2n) is 5.15. The van der Waals surface area contributed by atoms with Crippen molar-refractivity contribution in [3.63, 3.8) is 0 Å². The van der Waals surface area contributed by atoms with Crippen molar-refractivity contribution in [2.24, 2.45) is 5.73 Å². The number of nitrogens with zero attached hydrogens (tertiary/aromatic N) is 1. The Kier molecular flexibility index (Phi) is 6.17. The average molecular weight is 369 g/mol. The molecule has 0 atom stereocenters. The van der Waals surface area contributed by atoms with E-state index in [2.05, 4.69) is 0 Å². The lowest BCUT2D eigenvalue weighted by Crippen LogP contribution is -2.35. The summed E-state index contributed by atoms with van der Waals surface area (Å²) in [5.74, 6) is -1.23. The topological polar surface area (TPSA) is 63.4 Å². The highest BCUT2D eigenvalue weighted by molar-refractivity contribution is 6.35. The predicted octanol–water partition coefficient (Wildman–Crippen LogP) is 3.58. The molecule has 24 heavy (non-hydrogen) atoms. The van der Waals surface area contributed by atoms with Crippen molar-refractivity contribution >= 4 is 40.7 Å². The molecule has 4 nitrogen and oxygen atoms in total. The van der Waals surface area contributed by atoms with Gasteiger partial charge in [-0.05, 0) is 42.0 Å². The van der Waals surface area contributed by atoms with Crippen LogP contribution in [0.1, 0.15) is 12.0 Å². The minimum atomic E-state index is -0.528. The van der Waals surface area contributed by atoms with E-state index in [1.165, 1.54) is 29.2 Å². The Hall–Kier alpha value is -2.11. The van der Waals surface area contributed by atoms with Crippen LogP contribution in [0.5, 0.6) is 0 Å². The molecule has 126 valence electrons. The van der Waals surface area contributed by atoms with E-state index in [1.807, 2.05) is 0 Å². The number of halogens is 3. The van der Waals surface area contributed by atoms with Crippen LogP contribution in [0.15, 0.2) is 42.5 Å². The molecule has 0 aliphatic rings. The highest BCUT2D eigenvalue weighted by Crippen LogP contribution is 2.23. The zero-order valence-corrected chi connectivity index (χ0v) is 14.1. The smallest absolute Gasteiger partial charge is 0.231 e. The normalized spacial score (nSPS) is 10.5. The van der Waals surface area contributed by atoms with Gasteiger partial charge in [0, 0.05) is 28.7 Å². The standard InChI is InChI=1S/C17H15Cl2FN2O2/c18-12-2-1-11(15(19)10-12)9-17(24)22(8-7-16(21)23)14-5-3-13(20)4-6-14/h1-6,10H,7-9H2,(H2,21,23). The van der Waals surface area contributed by atoms with Crippen molar-refractivity contribution in [1.82, 2.24) is 0 Å². The zero-order valence-electron chi connectivity index (χ0n) is 12.6. The quantitative estimate of drug-likeness (QED) is 0.846. The molecule has 2 N–H and O–H groups in total. The van der Waals surface area contributed by atoms with Crippen molar-refractivity contribution < 1.29 is 14.0 Å². The number of primary amides is 1. The van der Waals surface area contributed by atoms with Crippen LogP contribution in [0.25, 0.3) is 0 Å². The van der Waals surface area contributed by atoms with E-state index in [-0.39, 0.29) is 25.3 Å². The maximum Gasteiger partial charge on any atom is 0.231 e. The second-order valence-corrected chi connectivity index (χ2v) is 5.99. The van der Waals surface area contributed by atoms with Crippen LogP contribution in [0.4, 0.5) is 10.1 Å². The summed E-state index contributed by atoms with van der Waals surface area (Å²) in [4.78, 5) is 25.1. The van der Waals surface area contributed by atoms with Crippen molar-refractivity contribution in [2.75, 3.05) is 11.4 Å². The lowest BCUT2D eigenvalue weighted by molar-refractivity contribution is -0.118. The molecule has 0 heterocycles. The van der Waals surface area contributed by atoms with Crippen LogP contribution in [-0.2, 0) is 16.0 Å². The maximum atomic E-state index is 13.1. The number of hydrogen-bond acceptors (Lipinski definition) is 2. The van der Waals surface area contributed by atoms with Gasteiger partial charge in [-0.15, -0.1) is 0 Å². The summed E-state index contributed by atoms with van der Waals surface area (Å²) in [6, 6.07) is 10.3. The number of carbonyl (C=O) groups is 2. The van der Waals surface area contributed by atoms with Crippen LogP contribution < -0.4 is 10.6 Å². The highest BCUT2D eigenvalue weighted by Gasteiger charge is 2.18. The number of hydrogen-bond donors (Lipinski definition) is 1. The summed E-state index contributed by atoms with van der Waals surface area (Å²) in [6.07, 6.45) is 0.0175. The lowest BCUT2D eigenvalue weighted by Gasteiger charge is -2.22. The molecule has 2 amide bonds. The van der Waals surface area contributed by atoms with Gasteiger partial charge in [-0.25, -0.2) is 4.39 Å². The van der Waals surface area contributed by atoms with Crippen molar-refractivity contribution in [1.29, 1.82) is 0 Å². The summed E-state index contributed by atoms with van der Waals surface area (Å²) in [5.41, 5.74) is 6.25. The average Bonchev–Trinajstić information content (AvgIpc) is 2.51. The Morgan fingerprint density at radius 3 is 2.33 bits per heavy atom. The van der Waals surface area contributed by atoms with Crippen LogP contribution in [0.2, 0.25) is 10.0 Å². The first kappa shape index (κ1) is 18.2. The Morgan fingerprint density at radius 1 is 1.08 bits per heavy atom. The number of nitrogens with two attached hydrogens (primary N) is 1. The molecule has 7 heteroatoms. The van der Waals surface area contributed by atoms with E-state index in [9.17, 15) is 14.0 Å². The molecular weight excluding hydrogens is 354 g/mol. The van der Waals surface area contributed by atoms with Crippen LogP contribution in [0.3, 0.4) is 0 Å². The molecule has 0 radical (unpaired) electrons. The van der Waals surface area contributed by atoms with Gasteiger partial charge in [-0.1, -0.05) is 29.3 Å². The molecule has 0 saturated carbocycles. The molecule has 0 aromatic heterocycles. The van der Waals surface area contributed by atoms with Crippen LogP contribution in [-0.4, -0.2) is 18.4 Å². The fraction of sp³-hybridized carbons (Fsp3) is 0.176. The van der Waals surface area contributed by atoms with Gasteiger partial charge in [-0.3, -0.25) is 9.59 Å². The number of benzene rings is 2. The van der Waals surface area contributed by atoms with Gasteiger partial charge >= 0.3 is 0 Å². The van der Waals surface area contributed by atoms with E-state index < -0.39 is 11.7 Å². The molecule has 0 unspecified atom stereocenters. The first-order valence-corrected chi connectivity index (χ1v) is 7.90. The third kappa shape index (κ3) is 4.94. The molecule has 0 bridgehead atoms. The van der Waals surface area contributed by atoms with Gasteiger partial charge in [0.25, 0.3) is 0 Å². The molecule has 0 spiro atoms. The number of carbonyl (C=O) groups excluding carboxylic acids is 2. The third-order valence-electron chi connectivity index (χ3n) is 3.38. The fourth-order valence-corrected chi connectivity index (χ4v) is 2.64. The number of anilines is 1. The first-order chi connectivity index (χ1) is 11.4. The van der Waals surface area contributed by atoms with Gasteiger partial charge < -0.3 is 10.6 Å². The number of amides is 2. The van der Waals surface area contributed by atoms with E-state index in [0.29, 0.717) is 21.3 Å². The highest BCUT2D eigenvalue weighted by atomic mass is 35.5. The molecule has 0 fully saturated rings.